The Morgan fingerprint density at radius 3 is 2.55 bits per heavy atom. The maximum Gasteiger partial charge on any atom is 0.0609 e. The SMILES string of the molecule is CCCC1=NCC(CC)=C1C. The van der Waals surface area contributed by atoms with Crippen LogP contribution in [0.15, 0.2) is 16.1 Å². The summed E-state index contributed by atoms with van der Waals surface area (Å²) in [6.07, 6.45) is 3.55. The summed E-state index contributed by atoms with van der Waals surface area (Å²) in [7, 11) is 0. The minimum absolute atomic E-state index is 0.970. The standard InChI is InChI=1S/C10H17N/c1-4-6-10-8(3)9(5-2)7-11-10/h4-7H2,1-3H3. The van der Waals surface area contributed by atoms with Crippen molar-refractivity contribution < 1.29 is 0 Å². The van der Waals surface area contributed by atoms with Crippen LogP contribution in [0.3, 0.4) is 0 Å². The highest BCUT2D eigenvalue weighted by Crippen LogP contribution is 2.19. The molecular weight excluding hydrogens is 134 g/mol. The van der Waals surface area contributed by atoms with Gasteiger partial charge in [0.1, 0.15) is 0 Å². The first-order valence-electron chi connectivity index (χ1n) is 4.51. The second-order valence-electron chi connectivity index (χ2n) is 3.10. The zero-order chi connectivity index (χ0) is 8.27. The third-order valence-electron chi connectivity index (χ3n) is 2.34. The highest BCUT2D eigenvalue weighted by Gasteiger charge is 2.12. The Bertz CT molecular complexity index is 199. The van der Waals surface area contributed by atoms with Crippen molar-refractivity contribution in [3.63, 3.8) is 0 Å². The summed E-state index contributed by atoms with van der Waals surface area (Å²) in [4.78, 5) is 4.50. The van der Waals surface area contributed by atoms with E-state index in [9.17, 15) is 0 Å². The Balaban J connectivity index is 2.64. The van der Waals surface area contributed by atoms with Crippen molar-refractivity contribution in [2.45, 2.75) is 40.0 Å². The van der Waals surface area contributed by atoms with E-state index in [2.05, 4.69) is 25.8 Å². The highest BCUT2D eigenvalue weighted by molar-refractivity contribution is 6.02. The van der Waals surface area contributed by atoms with Gasteiger partial charge < -0.3 is 0 Å². The summed E-state index contributed by atoms with van der Waals surface area (Å²) in [5, 5.41) is 0. The van der Waals surface area contributed by atoms with E-state index in [0.29, 0.717) is 0 Å². The maximum atomic E-state index is 4.50. The summed E-state index contributed by atoms with van der Waals surface area (Å²) in [6.45, 7) is 7.60. The van der Waals surface area contributed by atoms with E-state index in [4.69, 9.17) is 0 Å². The molecule has 0 aliphatic carbocycles. The van der Waals surface area contributed by atoms with Crippen LogP contribution in [0.5, 0.6) is 0 Å². The predicted molar refractivity (Wildman–Crippen MR) is 50.2 cm³/mol. The Morgan fingerprint density at radius 1 is 1.36 bits per heavy atom. The van der Waals surface area contributed by atoms with E-state index in [0.717, 1.165) is 13.0 Å². The van der Waals surface area contributed by atoms with Crippen LogP contribution in [0, 0.1) is 0 Å². The quantitative estimate of drug-likeness (QED) is 0.588. The second-order valence-corrected chi connectivity index (χ2v) is 3.10. The molecule has 1 rings (SSSR count). The molecular formula is C10H17N. The molecule has 0 aromatic carbocycles. The van der Waals surface area contributed by atoms with E-state index < -0.39 is 0 Å². The zero-order valence-corrected chi connectivity index (χ0v) is 7.78. The summed E-state index contributed by atoms with van der Waals surface area (Å²) in [5.74, 6) is 0. The third-order valence-corrected chi connectivity index (χ3v) is 2.34. The first kappa shape index (κ1) is 8.51. The molecule has 0 saturated carbocycles. The van der Waals surface area contributed by atoms with Gasteiger partial charge >= 0.3 is 0 Å². The summed E-state index contributed by atoms with van der Waals surface area (Å²) in [6, 6.07) is 0. The van der Waals surface area contributed by atoms with Crippen LogP contribution in [-0.4, -0.2) is 12.3 Å². The lowest BCUT2D eigenvalue weighted by Crippen LogP contribution is -1.96. The summed E-state index contributed by atoms with van der Waals surface area (Å²) < 4.78 is 0. The third kappa shape index (κ3) is 1.70. The number of hydrogen-bond donors (Lipinski definition) is 0. The van der Waals surface area contributed by atoms with Crippen molar-refractivity contribution in [2.24, 2.45) is 4.99 Å². The van der Waals surface area contributed by atoms with Crippen molar-refractivity contribution in [1.29, 1.82) is 0 Å². The normalized spacial score (nSPS) is 17.5. The second kappa shape index (κ2) is 3.70. The van der Waals surface area contributed by atoms with Gasteiger partial charge in [0.15, 0.2) is 0 Å². The molecule has 11 heavy (non-hydrogen) atoms. The largest absolute Gasteiger partial charge is 0.285 e. The van der Waals surface area contributed by atoms with Crippen LogP contribution in [0.25, 0.3) is 0 Å². The van der Waals surface area contributed by atoms with Gasteiger partial charge in [0, 0.05) is 5.71 Å². The molecule has 0 N–H and O–H groups in total. The fourth-order valence-electron chi connectivity index (χ4n) is 1.51. The molecule has 0 unspecified atom stereocenters. The number of nitrogens with zero attached hydrogens (tertiary/aromatic N) is 1. The van der Waals surface area contributed by atoms with Crippen LogP contribution in [-0.2, 0) is 0 Å². The van der Waals surface area contributed by atoms with E-state index >= 15 is 0 Å². The molecule has 1 aliphatic rings. The minimum atomic E-state index is 0.970. The van der Waals surface area contributed by atoms with Gasteiger partial charge in [-0.2, -0.15) is 0 Å². The minimum Gasteiger partial charge on any atom is -0.285 e. The highest BCUT2D eigenvalue weighted by atomic mass is 14.8. The lowest BCUT2D eigenvalue weighted by Gasteiger charge is -2.00. The number of hydrogen-bond acceptors (Lipinski definition) is 1. The molecule has 62 valence electrons. The van der Waals surface area contributed by atoms with Gasteiger partial charge in [-0.15, -0.1) is 0 Å². The van der Waals surface area contributed by atoms with Crippen LogP contribution in [0.4, 0.5) is 0 Å². The van der Waals surface area contributed by atoms with Gasteiger partial charge in [0.05, 0.1) is 6.54 Å². The number of rotatable bonds is 3. The van der Waals surface area contributed by atoms with Crippen LogP contribution < -0.4 is 0 Å². The van der Waals surface area contributed by atoms with Crippen LogP contribution in [0.2, 0.25) is 0 Å². The first-order valence-corrected chi connectivity index (χ1v) is 4.51. The van der Waals surface area contributed by atoms with Crippen molar-refractivity contribution in [2.75, 3.05) is 6.54 Å². The van der Waals surface area contributed by atoms with E-state index in [-0.39, 0.29) is 0 Å². The average Bonchev–Trinajstić information content (AvgIpc) is 2.34. The van der Waals surface area contributed by atoms with Crippen molar-refractivity contribution in [1.82, 2.24) is 0 Å². The molecule has 1 heterocycles. The van der Waals surface area contributed by atoms with Gasteiger partial charge in [-0.1, -0.05) is 20.3 Å². The number of aliphatic imine (C=N–C) groups is 1. The molecule has 0 spiro atoms. The van der Waals surface area contributed by atoms with Crippen LogP contribution >= 0.6 is 0 Å². The summed E-state index contributed by atoms with van der Waals surface area (Å²) >= 11 is 0. The smallest absolute Gasteiger partial charge is 0.0609 e. The molecule has 1 nitrogen and oxygen atoms in total. The van der Waals surface area contributed by atoms with Crippen molar-refractivity contribution in [3.8, 4) is 0 Å². The Morgan fingerprint density at radius 2 is 2.09 bits per heavy atom. The maximum absolute atomic E-state index is 4.50. The zero-order valence-electron chi connectivity index (χ0n) is 7.78. The monoisotopic (exact) mass is 151 g/mol. The summed E-state index contributed by atoms with van der Waals surface area (Å²) in [5.41, 5.74) is 4.35. The van der Waals surface area contributed by atoms with E-state index in [1.54, 1.807) is 0 Å². The fraction of sp³-hybridized carbons (Fsp3) is 0.700. The van der Waals surface area contributed by atoms with Gasteiger partial charge in [0.2, 0.25) is 0 Å². The predicted octanol–water partition coefficient (Wildman–Crippen LogP) is 2.97. The van der Waals surface area contributed by atoms with E-state index in [1.807, 2.05) is 0 Å². The van der Waals surface area contributed by atoms with Crippen molar-refractivity contribution in [3.05, 3.63) is 11.1 Å². The van der Waals surface area contributed by atoms with E-state index in [1.165, 1.54) is 29.7 Å². The lowest BCUT2D eigenvalue weighted by atomic mass is 10.0. The Hall–Kier alpha value is -0.590. The van der Waals surface area contributed by atoms with Gasteiger partial charge in [-0.3, -0.25) is 4.99 Å². The first-order chi connectivity index (χ1) is 5.29. The molecule has 0 radical (unpaired) electrons. The van der Waals surface area contributed by atoms with Gasteiger partial charge in [-0.05, 0) is 30.9 Å². The average molecular weight is 151 g/mol. The number of allylic oxidation sites excluding steroid dienone is 1. The van der Waals surface area contributed by atoms with Gasteiger partial charge in [-0.25, -0.2) is 0 Å². The van der Waals surface area contributed by atoms with Crippen molar-refractivity contribution >= 4 is 5.71 Å². The molecule has 0 saturated heterocycles. The molecule has 0 fully saturated rings. The molecule has 1 aliphatic heterocycles. The molecule has 0 aromatic rings. The van der Waals surface area contributed by atoms with Crippen LogP contribution in [0.1, 0.15) is 40.0 Å². The molecule has 0 aromatic heterocycles. The topological polar surface area (TPSA) is 12.4 Å². The Labute approximate surface area is 69.2 Å². The Kier molecular flexibility index (Phi) is 2.86. The lowest BCUT2D eigenvalue weighted by molar-refractivity contribution is 0.988. The molecule has 1 heteroatoms. The molecule has 0 bridgehead atoms. The molecule has 0 atom stereocenters. The fourth-order valence-corrected chi connectivity index (χ4v) is 1.51. The van der Waals surface area contributed by atoms with Gasteiger partial charge in [0.25, 0.3) is 0 Å². The molecule has 0 amide bonds.